The monoisotopic (exact) mass is 335 g/mol. The van der Waals surface area contributed by atoms with E-state index in [1.54, 1.807) is 13.1 Å². The summed E-state index contributed by atoms with van der Waals surface area (Å²) in [6.45, 7) is 1.74. The second-order valence-corrected chi connectivity index (χ2v) is 5.82. The van der Waals surface area contributed by atoms with E-state index in [2.05, 4.69) is 10.3 Å². The molecule has 1 heterocycles. The lowest BCUT2D eigenvalue weighted by Gasteiger charge is -2.22. The summed E-state index contributed by atoms with van der Waals surface area (Å²) < 4.78 is 7.62. The quantitative estimate of drug-likeness (QED) is 0.753. The van der Waals surface area contributed by atoms with Crippen molar-refractivity contribution in [1.82, 2.24) is 14.9 Å². The van der Waals surface area contributed by atoms with Gasteiger partial charge in [0, 0.05) is 19.4 Å². The van der Waals surface area contributed by atoms with Gasteiger partial charge in [-0.2, -0.15) is 0 Å². The molecular formula is C20H21N3O2. The smallest absolute Gasteiger partial charge is 0.261 e. The van der Waals surface area contributed by atoms with Crippen molar-refractivity contribution in [3.05, 3.63) is 84.4 Å². The molecule has 0 spiro atoms. The summed E-state index contributed by atoms with van der Waals surface area (Å²) in [6, 6.07) is 18.8. The lowest BCUT2D eigenvalue weighted by atomic mass is 10.1. The maximum Gasteiger partial charge on any atom is 0.261 e. The van der Waals surface area contributed by atoms with Crippen molar-refractivity contribution < 1.29 is 9.53 Å². The molecule has 2 atom stereocenters. The molecule has 0 aliphatic heterocycles. The van der Waals surface area contributed by atoms with E-state index in [-0.39, 0.29) is 11.9 Å². The third-order valence-corrected chi connectivity index (χ3v) is 3.96. The predicted octanol–water partition coefficient (Wildman–Crippen LogP) is 3.09. The molecule has 0 radical (unpaired) electrons. The standard InChI is InChI=1S/C20H21N3O2/c1-15(25-17-11-7-4-8-12-17)20(24)22-18(16-9-5-3-6-10-16)19-21-13-14-23(19)2/h3-15,18H,1-2H3,(H,22,24). The fourth-order valence-corrected chi connectivity index (χ4v) is 2.61. The minimum atomic E-state index is -0.617. The number of hydrogen-bond acceptors (Lipinski definition) is 3. The average Bonchev–Trinajstić information content (AvgIpc) is 3.06. The van der Waals surface area contributed by atoms with E-state index in [1.165, 1.54) is 0 Å². The van der Waals surface area contributed by atoms with Gasteiger partial charge in [0.2, 0.25) is 0 Å². The first-order chi connectivity index (χ1) is 12.1. The van der Waals surface area contributed by atoms with Crippen molar-refractivity contribution in [2.24, 2.45) is 7.05 Å². The number of carbonyl (C=O) groups is 1. The van der Waals surface area contributed by atoms with Crippen LogP contribution in [0.25, 0.3) is 0 Å². The predicted molar refractivity (Wildman–Crippen MR) is 96.2 cm³/mol. The fraction of sp³-hybridized carbons (Fsp3) is 0.200. The number of aromatic nitrogens is 2. The molecule has 1 amide bonds. The Labute approximate surface area is 147 Å². The van der Waals surface area contributed by atoms with Crippen LogP contribution in [0.15, 0.2) is 73.1 Å². The molecule has 25 heavy (non-hydrogen) atoms. The lowest BCUT2D eigenvalue weighted by Crippen LogP contribution is -2.39. The second kappa shape index (κ2) is 7.66. The van der Waals surface area contributed by atoms with Crippen molar-refractivity contribution in [2.75, 3.05) is 0 Å². The molecular weight excluding hydrogens is 314 g/mol. The SMILES string of the molecule is CC(Oc1ccccc1)C(=O)NC(c1ccccc1)c1nccn1C. The van der Waals surface area contributed by atoms with E-state index in [9.17, 15) is 4.79 Å². The minimum Gasteiger partial charge on any atom is -0.481 e. The molecule has 0 bridgehead atoms. The summed E-state index contributed by atoms with van der Waals surface area (Å²) in [4.78, 5) is 17.1. The van der Waals surface area contributed by atoms with Gasteiger partial charge in [-0.1, -0.05) is 48.5 Å². The topological polar surface area (TPSA) is 56.1 Å². The highest BCUT2D eigenvalue weighted by atomic mass is 16.5. The van der Waals surface area contributed by atoms with Gasteiger partial charge < -0.3 is 14.6 Å². The van der Waals surface area contributed by atoms with Crippen LogP contribution in [0.2, 0.25) is 0 Å². The van der Waals surface area contributed by atoms with Crippen LogP contribution >= 0.6 is 0 Å². The number of rotatable bonds is 6. The van der Waals surface area contributed by atoms with E-state index in [1.807, 2.05) is 78.5 Å². The third kappa shape index (κ3) is 4.07. The van der Waals surface area contributed by atoms with Crippen LogP contribution in [0.3, 0.4) is 0 Å². The number of imidazole rings is 1. The number of hydrogen-bond donors (Lipinski definition) is 1. The van der Waals surface area contributed by atoms with Gasteiger partial charge in [0.25, 0.3) is 5.91 Å². The fourth-order valence-electron chi connectivity index (χ4n) is 2.61. The lowest BCUT2D eigenvalue weighted by molar-refractivity contribution is -0.127. The minimum absolute atomic E-state index is 0.194. The van der Waals surface area contributed by atoms with E-state index in [4.69, 9.17) is 4.74 Å². The van der Waals surface area contributed by atoms with Crippen molar-refractivity contribution in [1.29, 1.82) is 0 Å². The van der Waals surface area contributed by atoms with E-state index in [0.717, 1.165) is 11.4 Å². The summed E-state index contributed by atoms with van der Waals surface area (Å²) >= 11 is 0. The number of nitrogens with zero attached hydrogens (tertiary/aromatic N) is 2. The van der Waals surface area contributed by atoms with Gasteiger partial charge in [-0.05, 0) is 24.6 Å². The number of benzene rings is 2. The van der Waals surface area contributed by atoms with Crippen LogP contribution in [0.4, 0.5) is 0 Å². The molecule has 0 aliphatic rings. The Morgan fingerprint density at radius 2 is 1.72 bits per heavy atom. The molecule has 5 heteroatoms. The molecule has 1 N–H and O–H groups in total. The maximum absolute atomic E-state index is 12.7. The second-order valence-electron chi connectivity index (χ2n) is 5.82. The molecule has 128 valence electrons. The zero-order valence-corrected chi connectivity index (χ0v) is 14.3. The first-order valence-corrected chi connectivity index (χ1v) is 8.19. The van der Waals surface area contributed by atoms with Gasteiger partial charge >= 0.3 is 0 Å². The molecule has 2 unspecified atom stereocenters. The van der Waals surface area contributed by atoms with Crippen molar-refractivity contribution in [3.63, 3.8) is 0 Å². The van der Waals surface area contributed by atoms with Crippen LogP contribution in [0, 0.1) is 0 Å². The van der Waals surface area contributed by atoms with E-state index in [0.29, 0.717) is 5.75 Å². The Morgan fingerprint density at radius 3 is 2.32 bits per heavy atom. The molecule has 0 saturated heterocycles. The first kappa shape index (κ1) is 16.8. The number of amides is 1. The van der Waals surface area contributed by atoms with Crippen LogP contribution in [0.1, 0.15) is 24.4 Å². The molecule has 5 nitrogen and oxygen atoms in total. The van der Waals surface area contributed by atoms with Crippen LogP contribution in [-0.4, -0.2) is 21.6 Å². The average molecular weight is 335 g/mol. The van der Waals surface area contributed by atoms with Crippen LogP contribution < -0.4 is 10.1 Å². The van der Waals surface area contributed by atoms with Gasteiger partial charge in [-0.3, -0.25) is 4.79 Å². The molecule has 0 fully saturated rings. The molecule has 3 aromatic rings. The summed E-state index contributed by atoms with van der Waals surface area (Å²) in [5.74, 6) is 1.24. The molecule has 2 aromatic carbocycles. The summed E-state index contributed by atoms with van der Waals surface area (Å²) in [5.41, 5.74) is 0.970. The molecule has 1 aromatic heterocycles. The Kier molecular flexibility index (Phi) is 5.14. The highest BCUT2D eigenvalue weighted by Crippen LogP contribution is 2.20. The van der Waals surface area contributed by atoms with Gasteiger partial charge in [0.1, 0.15) is 17.6 Å². The highest BCUT2D eigenvalue weighted by molar-refractivity contribution is 5.81. The first-order valence-electron chi connectivity index (χ1n) is 8.19. The van der Waals surface area contributed by atoms with Crippen LogP contribution in [-0.2, 0) is 11.8 Å². The normalized spacial score (nSPS) is 13.0. The van der Waals surface area contributed by atoms with E-state index < -0.39 is 6.10 Å². The molecule has 0 saturated carbocycles. The van der Waals surface area contributed by atoms with Crippen molar-refractivity contribution in [3.8, 4) is 5.75 Å². The largest absolute Gasteiger partial charge is 0.481 e. The zero-order valence-electron chi connectivity index (χ0n) is 14.3. The van der Waals surface area contributed by atoms with Crippen LogP contribution in [0.5, 0.6) is 5.75 Å². The van der Waals surface area contributed by atoms with Gasteiger partial charge in [-0.25, -0.2) is 4.98 Å². The Balaban J connectivity index is 1.78. The van der Waals surface area contributed by atoms with Gasteiger partial charge in [0.15, 0.2) is 6.10 Å². The molecule has 3 rings (SSSR count). The number of para-hydroxylation sites is 1. The number of ether oxygens (including phenoxy) is 1. The van der Waals surface area contributed by atoms with Gasteiger partial charge in [-0.15, -0.1) is 0 Å². The Morgan fingerprint density at radius 1 is 1.08 bits per heavy atom. The highest BCUT2D eigenvalue weighted by Gasteiger charge is 2.24. The number of nitrogens with one attached hydrogen (secondary N) is 1. The number of aryl methyl sites for hydroxylation is 1. The number of carbonyl (C=O) groups excluding carboxylic acids is 1. The van der Waals surface area contributed by atoms with Crippen molar-refractivity contribution in [2.45, 2.75) is 19.1 Å². The third-order valence-electron chi connectivity index (χ3n) is 3.96. The summed E-state index contributed by atoms with van der Waals surface area (Å²) in [7, 11) is 1.91. The molecule has 0 aliphatic carbocycles. The van der Waals surface area contributed by atoms with Crippen molar-refractivity contribution >= 4 is 5.91 Å². The zero-order chi connectivity index (χ0) is 17.6. The van der Waals surface area contributed by atoms with Gasteiger partial charge in [0.05, 0.1) is 0 Å². The summed E-state index contributed by atoms with van der Waals surface area (Å²) in [6.07, 6.45) is 2.97. The maximum atomic E-state index is 12.7. The Bertz CT molecular complexity index is 815. The Hall–Kier alpha value is -3.08. The summed E-state index contributed by atoms with van der Waals surface area (Å²) in [5, 5.41) is 3.05. The van der Waals surface area contributed by atoms with E-state index >= 15 is 0 Å².